The number of ether oxygens (including phenoxy) is 1. The van der Waals surface area contributed by atoms with Gasteiger partial charge in [-0.2, -0.15) is 0 Å². The van der Waals surface area contributed by atoms with Crippen LogP contribution in [0.2, 0.25) is 0 Å². The molecule has 2 atom stereocenters. The fourth-order valence-corrected chi connectivity index (χ4v) is 3.10. The Morgan fingerprint density at radius 2 is 1.54 bits per heavy atom. The summed E-state index contributed by atoms with van der Waals surface area (Å²) in [5.74, 6) is -2.26. The predicted molar refractivity (Wildman–Crippen MR) is 84.3 cm³/mol. The van der Waals surface area contributed by atoms with E-state index in [9.17, 15) is 24.6 Å². The van der Waals surface area contributed by atoms with Gasteiger partial charge in [-0.3, -0.25) is 9.59 Å². The molecule has 1 heterocycles. The van der Waals surface area contributed by atoms with Crippen LogP contribution in [0, 0.1) is 10.8 Å². The van der Waals surface area contributed by atoms with Crippen molar-refractivity contribution in [1.29, 1.82) is 0 Å². The van der Waals surface area contributed by atoms with E-state index in [1.165, 1.54) is 18.7 Å². The molecule has 0 aliphatic carbocycles. The highest BCUT2D eigenvalue weighted by molar-refractivity contribution is 5.81. The minimum Gasteiger partial charge on any atom is -0.481 e. The minimum atomic E-state index is -1.34. The predicted octanol–water partition coefficient (Wildman–Crippen LogP) is 2.21. The molecule has 7 heteroatoms. The molecule has 0 bridgehead atoms. The number of benzene rings is 1. The van der Waals surface area contributed by atoms with Crippen molar-refractivity contribution in [2.45, 2.75) is 26.9 Å². The number of amides is 1. The first-order valence-corrected chi connectivity index (χ1v) is 7.59. The zero-order valence-electron chi connectivity index (χ0n) is 13.7. The van der Waals surface area contributed by atoms with Gasteiger partial charge >= 0.3 is 18.0 Å². The Labute approximate surface area is 139 Å². The van der Waals surface area contributed by atoms with Gasteiger partial charge in [0.15, 0.2) is 0 Å². The molecule has 24 heavy (non-hydrogen) atoms. The summed E-state index contributed by atoms with van der Waals surface area (Å²) < 4.78 is 5.21. The van der Waals surface area contributed by atoms with Gasteiger partial charge in [-0.1, -0.05) is 30.3 Å². The van der Waals surface area contributed by atoms with Crippen LogP contribution >= 0.6 is 0 Å². The Hall–Kier alpha value is -2.57. The number of carboxylic acid groups (broad SMARTS) is 2. The van der Waals surface area contributed by atoms with Crippen LogP contribution in [0.15, 0.2) is 30.3 Å². The van der Waals surface area contributed by atoms with Gasteiger partial charge in [0, 0.05) is 13.1 Å². The lowest BCUT2D eigenvalue weighted by atomic mass is 9.69. The Morgan fingerprint density at radius 3 is 2.00 bits per heavy atom. The first-order chi connectivity index (χ1) is 11.2. The van der Waals surface area contributed by atoms with Crippen molar-refractivity contribution < 1.29 is 29.3 Å². The number of hydrogen-bond donors (Lipinski definition) is 2. The molecule has 0 saturated carbocycles. The van der Waals surface area contributed by atoms with Crippen LogP contribution in [0.3, 0.4) is 0 Å². The van der Waals surface area contributed by atoms with Crippen molar-refractivity contribution in [3.8, 4) is 0 Å². The molecular formula is C17H21NO6. The van der Waals surface area contributed by atoms with Gasteiger partial charge < -0.3 is 19.8 Å². The van der Waals surface area contributed by atoms with Gasteiger partial charge in [-0.15, -0.1) is 0 Å². The SMILES string of the molecule is C[C@@]1(C(=O)O)CN(C(=O)OCc2ccccc2)C[C@@](C)(C(=O)O)C1. The molecule has 0 radical (unpaired) electrons. The molecule has 1 aromatic carbocycles. The number of aliphatic carboxylic acids is 2. The second-order valence-corrected chi connectivity index (χ2v) is 6.80. The summed E-state index contributed by atoms with van der Waals surface area (Å²) in [6.07, 6.45) is -0.758. The van der Waals surface area contributed by atoms with E-state index in [0.717, 1.165) is 5.56 Å². The van der Waals surface area contributed by atoms with Crippen LogP contribution in [-0.4, -0.2) is 46.2 Å². The van der Waals surface area contributed by atoms with Gasteiger partial charge in [0.05, 0.1) is 10.8 Å². The van der Waals surface area contributed by atoms with Crippen molar-refractivity contribution in [2.24, 2.45) is 10.8 Å². The summed E-state index contributed by atoms with van der Waals surface area (Å²) in [4.78, 5) is 36.6. The summed E-state index contributed by atoms with van der Waals surface area (Å²) in [6, 6.07) is 9.06. The summed E-state index contributed by atoms with van der Waals surface area (Å²) in [6.45, 7) is 2.78. The number of nitrogens with zero attached hydrogens (tertiary/aromatic N) is 1. The minimum absolute atomic E-state index is 0.0454. The highest BCUT2D eigenvalue weighted by Crippen LogP contribution is 2.41. The fraction of sp³-hybridized carbons (Fsp3) is 0.471. The highest BCUT2D eigenvalue weighted by atomic mass is 16.6. The lowest BCUT2D eigenvalue weighted by Crippen LogP contribution is -2.57. The van der Waals surface area contributed by atoms with E-state index in [4.69, 9.17) is 4.74 Å². The molecule has 1 amide bonds. The zero-order chi connectivity index (χ0) is 18.0. The Bertz CT molecular complexity index is 618. The average Bonchev–Trinajstić information content (AvgIpc) is 2.52. The van der Waals surface area contributed by atoms with Crippen LogP contribution in [0.1, 0.15) is 25.8 Å². The van der Waals surface area contributed by atoms with E-state index < -0.39 is 28.9 Å². The van der Waals surface area contributed by atoms with Crippen molar-refractivity contribution >= 4 is 18.0 Å². The number of likely N-dealkylation sites (tertiary alicyclic amines) is 1. The van der Waals surface area contributed by atoms with Crippen molar-refractivity contribution in [2.75, 3.05) is 13.1 Å². The third-order valence-corrected chi connectivity index (χ3v) is 4.36. The van der Waals surface area contributed by atoms with E-state index in [0.29, 0.717) is 0 Å². The molecule has 1 aromatic rings. The number of carboxylic acids is 2. The van der Waals surface area contributed by atoms with Gasteiger partial charge in [-0.05, 0) is 25.8 Å². The topological polar surface area (TPSA) is 104 Å². The van der Waals surface area contributed by atoms with E-state index in [2.05, 4.69) is 0 Å². The second kappa shape index (κ2) is 6.51. The molecule has 130 valence electrons. The van der Waals surface area contributed by atoms with E-state index in [1.54, 1.807) is 12.1 Å². The largest absolute Gasteiger partial charge is 0.481 e. The summed E-state index contributed by atoms with van der Waals surface area (Å²) in [7, 11) is 0. The Kier molecular flexibility index (Phi) is 4.82. The fourth-order valence-electron chi connectivity index (χ4n) is 3.10. The second-order valence-electron chi connectivity index (χ2n) is 6.80. The zero-order valence-corrected chi connectivity index (χ0v) is 13.7. The summed E-state index contributed by atoms with van der Waals surface area (Å²) in [5, 5.41) is 18.9. The van der Waals surface area contributed by atoms with Crippen molar-refractivity contribution in [1.82, 2.24) is 4.90 Å². The summed E-state index contributed by atoms with van der Waals surface area (Å²) in [5.41, 5.74) is -1.88. The lowest BCUT2D eigenvalue weighted by Gasteiger charge is -2.44. The molecule has 7 nitrogen and oxygen atoms in total. The number of piperidine rings is 1. The monoisotopic (exact) mass is 335 g/mol. The van der Waals surface area contributed by atoms with E-state index in [-0.39, 0.29) is 26.1 Å². The average molecular weight is 335 g/mol. The Morgan fingerprint density at radius 1 is 1.04 bits per heavy atom. The standard InChI is InChI=1S/C17H21NO6/c1-16(13(19)20)9-17(2,14(21)22)11-18(10-16)15(23)24-8-12-6-4-3-5-7-12/h3-7H,8-11H2,1-2H3,(H,19,20)(H,21,22)/t16-,17-/m0/s1. The van der Waals surface area contributed by atoms with E-state index >= 15 is 0 Å². The molecule has 0 spiro atoms. The molecule has 1 saturated heterocycles. The van der Waals surface area contributed by atoms with Crippen molar-refractivity contribution in [3.05, 3.63) is 35.9 Å². The van der Waals surface area contributed by atoms with Crippen LogP contribution in [-0.2, 0) is 20.9 Å². The van der Waals surface area contributed by atoms with Crippen LogP contribution in [0.25, 0.3) is 0 Å². The van der Waals surface area contributed by atoms with Crippen molar-refractivity contribution in [3.63, 3.8) is 0 Å². The quantitative estimate of drug-likeness (QED) is 0.874. The maximum atomic E-state index is 12.3. The maximum absolute atomic E-state index is 12.3. The third kappa shape index (κ3) is 3.67. The Balaban J connectivity index is 2.13. The van der Waals surface area contributed by atoms with Crippen LogP contribution in [0.5, 0.6) is 0 Å². The van der Waals surface area contributed by atoms with Gasteiger partial charge in [-0.25, -0.2) is 4.79 Å². The van der Waals surface area contributed by atoms with Crippen LogP contribution < -0.4 is 0 Å². The van der Waals surface area contributed by atoms with Crippen LogP contribution in [0.4, 0.5) is 4.79 Å². The number of hydrogen-bond acceptors (Lipinski definition) is 4. The number of rotatable bonds is 4. The summed E-state index contributed by atoms with van der Waals surface area (Å²) >= 11 is 0. The first-order valence-electron chi connectivity index (χ1n) is 7.59. The molecule has 1 fully saturated rings. The molecule has 1 aliphatic rings. The third-order valence-electron chi connectivity index (χ3n) is 4.36. The maximum Gasteiger partial charge on any atom is 0.410 e. The van der Waals surface area contributed by atoms with E-state index in [1.807, 2.05) is 18.2 Å². The highest BCUT2D eigenvalue weighted by Gasteiger charge is 2.52. The molecule has 0 unspecified atom stereocenters. The first kappa shape index (κ1) is 17.8. The lowest BCUT2D eigenvalue weighted by molar-refractivity contribution is -0.163. The number of carbonyl (C=O) groups excluding carboxylic acids is 1. The molecule has 2 rings (SSSR count). The van der Waals surface area contributed by atoms with Gasteiger partial charge in [0.25, 0.3) is 0 Å². The smallest absolute Gasteiger partial charge is 0.410 e. The van der Waals surface area contributed by atoms with Gasteiger partial charge in [0.1, 0.15) is 6.61 Å². The molecule has 2 N–H and O–H groups in total. The van der Waals surface area contributed by atoms with Gasteiger partial charge in [0.2, 0.25) is 0 Å². The number of carbonyl (C=O) groups is 3. The normalized spacial score (nSPS) is 26.7. The molecule has 0 aromatic heterocycles. The molecule has 1 aliphatic heterocycles. The molecular weight excluding hydrogens is 314 g/mol.